The highest BCUT2D eigenvalue weighted by Crippen LogP contribution is 2.28. The van der Waals surface area contributed by atoms with Crippen LogP contribution in [0.15, 0.2) is 40.3 Å². The van der Waals surface area contributed by atoms with E-state index in [1.165, 1.54) is 17.8 Å². The Labute approximate surface area is 139 Å². The fourth-order valence-electron chi connectivity index (χ4n) is 2.01. The van der Waals surface area contributed by atoms with Gasteiger partial charge in [-0.25, -0.2) is 4.98 Å². The molecule has 0 spiro atoms. The number of hydrogen-bond donors (Lipinski definition) is 1. The van der Waals surface area contributed by atoms with E-state index in [-0.39, 0.29) is 5.56 Å². The van der Waals surface area contributed by atoms with Gasteiger partial charge in [-0.15, -0.1) is 0 Å². The molecule has 6 heteroatoms. The number of benzene rings is 1. The van der Waals surface area contributed by atoms with Crippen LogP contribution < -0.4 is 15.0 Å². The maximum atomic E-state index is 11.4. The number of thioether (sulfide) groups is 1. The molecule has 1 N–H and O–H groups in total. The van der Waals surface area contributed by atoms with Gasteiger partial charge in [-0.3, -0.25) is 4.79 Å². The summed E-state index contributed by atoms with van der Waals surface area (Å²) in [5.74, 6) is 2.08. The first-order chi connectivity index (χ1) is 11.1. The largest absolute Gasteiger partial charge is 0.493 e. The van der Waals surface area contributed by atoms with E-state index in [0.717, 1.165) is 5.56 Å². The van der Waals surface area contributed by atoms with E-state index in [9.17, 15) is 4.79 Å². The molecule has 122 valence electrons. The summed E-state index contributed by atoms with van der Waals surface area (Å²) in [4.78, 5) is 18.3. The Balaban J connectivity index is 1.92. The van der Waals surface area contributed by atoms with Crippen LogP contribution in [0.4, 0.5) is 0 Å². The first kappa shape index (κ1) is 17.1. The van der Waals surface area contributed by atoms with Gasteiger partial charge in [-0.05, 0) is 31.5 Å². The van der Waals surface area contributed by atoms with Crippen molar-refractivity contribution in [2.45, 2.75) is 19.0 Å². The third-order valence-electron chi connectivity index (χ3n) is 2.97. The van der Waals surface area contributed by atoms with Gasteiger partial charge in [0, 0.05) is 17.5 Å². The van der Waals surface area contributed by atoms with Crippen LogP contribution in [0.1, 0.15) is 18.2 Å². The maximum absolute atomic E-state index is 11.4. The second-order valence-corrected chi connectivity index (χ2v) is 5.88. The molecule has 1 aromatic heterocycles. The molecule has 0 fully saturated rings. The predicted octanol–water partition coefficient (Wildman–Crippen LogP) is 3.29. The molecule has 23 heavy (non-hydrogen) atoms. The third-order valence-corrected chi connectivity index (χ3v) is 3.81. The van der Waals surface area contributed by atoms with Crippen molar-refractivity contribution in [2.75, 3.05) is 19.5 Å². The van der Waals surface area contributed by atoms with E-state index in [4.69, 9.17) is 9.47 Å². The fraction of sp³-hybridized carbons (Fsp3) is 0.294. The van der Waals surface area contributed by atoms with Crippen molar-refractivity contribution < 1.29 is 9.47 Å². The maximum Gasteiger partial charge on any atom is 0.251 e. The molecule has 0 radical (unpaired) electrons. The zero-order valence-corrected chi connectivity index (χ0v) is 14.3. The number of hydrogen-bond acceptors (Lipinski definition) is 5. The molecule has 0 aliphatic heterocycles. The van der Waals surface area contributed by atoms with Crippen LogP contribution >= 0.6 is 11.8 Å². The van der Waals surface area contributed by atoms with Crippen LogP contribution in [0.3, 0.4) is 0 Å². The molecule has 5 nitrogen and oxygen atoms in total. The molecule has 1 heterocycles. The van der Waals surface area contributed by atoms with Gasteiger partial charge in [0.2, 0.25) is 0 Å². The van der Waals surface area contributed by atoms with Gasteiger partial charge in [0.25, 0.3) is 5.56 Å². The minimum atomic E-state index is -0.137. The number of rotatable bonds is 7. The Morgan fingerprint density at radius 3 is 2.83 bits per heavy atom. The standard InChI is InChI=1S/C17H20N2O3S/c1-4-5-13-6-7-14(15(11-13)21-3)22-8-9-23-17-18-12(2)10-16(20)19-17/h4-7,10-11H,8-9H2,1-3H3,(H,18,19,20)/b5-4+. The first-order valence-corrected chi connectivity index (χ1v) is 8.25. The number of nitrogens with one attached hydrogen (secondary N) is 1. The van der Waals surface area contributed by atoms with Gasteiger partial charge >= 0.3 is 0 Å². The number of nitrogens with zero attached hydrogens (tertiary/aromatic N) is 1. The minimum Gasteiger partial charge on any atom is -0.493 e. The van der Waals surface area contributed by atoms with Crippen LogP contribution in [0, 0.1) is 6.92 Å². The quantitative estimate of drug-likeness (QED) is 0.479. The highest BCUT2D eigenvalue weighted by atomic mass is 32.2. The molecular formula is C17H20N2O3S. The Morgan fingerprint density at radius 2 is 2.13 bits per heavy atom. The van der Waals surface area contributed by atoms with Crippen molar-refractivity contribution >= 4 is 17.8 Å². The number of ether oxygens (including phenoxy) is 2. The average Bonchev–Trinajstić information content (AvgIpc) is 2.52. The molecule has 2 aromatic rings. The number of H-pyrrole nitrogens is 1. The monoisotopic (exact) mass is 332 g/mol. The van der Waals surface area contributed by atoms with Crippen LogP contribution in [0.2, 0.25) is 0 Å². The summed E-state index contributed by atoms with van der Waals surface area (Å²) < 4.78 is 11.1. The molecule has 0 amide bonds. The number of aryl methyl sites for hydroxylation is 1. The molecule has 0 unspecified atom stereocenters. The molecule has 0 saturated heterocycles. The van der Waals surface area contributed by atoms with Crippen molar-refractivity contribution in [2.24, 2.45) is 0 Å². The van der Waals surface area contributed by atoms with E-state index in [0.29, 0.717) is 34.7 Å². The molecule has 0 aliphatic carbocycles. The lowest BCUT2D eigenvalue weighted by molar-refractivity contribution is 0.313. The van der Waals surface area contributed by atoms with Crippen LogP contribution in [0.5, 0.6) is 11.5 Å². The summed E-state index contributed by atoms with van der Waals surface area (Å²) in [6.07, 6.45) is 3.98. The van der Waals surface area contributed by atoms with Gasteiger partial charge < -0.3 is 14.5 Å². The smallest absolute Gasteiger partial charge is 0.251 e. The molecule has 0 atom stereocenters. The Hall–Kier alpha value is -2.21. The van der Waals surface area contributed by atoms with Gasteiger partial charge in [0.1, 0.15) is 0 Å². The van der Waals surface area contributed by atoms with Crippen molar-refractivity contribution in [1.29, 1.82) is 0 Å². The van der Waals surface area contributed by atoms with Gasteiger partial charge in [0.05, 0.1) is 13.7 Å². The summed E-state index contributed by atoms with van der Waals surface area (Å²) in [6.45, 7) is 4.26. The lowest BCUT2D eigenvalue weighted by Crippen LogP contribution is -2.09. The van der Waals surface area contributed by atoms with Gasteiger partial charge in [-0.1, -0.05) is 30.0 Å². The second kappa shape index (κ2) is 8.43. The van der Waals surface area contributed by atoms with Crippen LogP contribution in [-0.4, -0.2) is 29.4 Å². The van der Waals surface area contributed by atoms with E-state index in [1.807, 2.05) is 37.3 Å². The predicted molar refractivity (Wildman–Crippen MR) is 93.5 cm³/mol. The lowest BCUT2D eigenvalue weighted by Gasteiger charge is -2.11. The Bertz CT molecular complexity index is 741. The van der Waals surface area contributed by atoms with Crippen LogP contribution in [-0.2, 0) is 0 Å². The Morgan fingerprint density at radius 1 is 1.30 bits per heavy atom. The summed E-state index contributed by atoms with van der Waals surface area (Å²) in [5, 5.41) is 0.606. The van der Waals surface area contributed by atoms with E-state index in [1.54, 1.807) is 14.0 Å². The van der Waals surface area contributed by atoms with Crippen molar-refractivity contribution in [3.63, 3.8) is 0 Å². The topological polar surface area (TPSA) is 64.2 Å². The van der Waals surface area contributed by atoms with Crippen molar-refractivity contribution in [3.8, 4) is 11.5 Å². The van der Waals surface area contributed by atoms with Crippen molar-refractivity contribution in [3.05, 3.63) is 52.0 Å². The van der Waals surface area contributed by atoms with Gasteiger partial charge in [-0.2, -0.15) is 0 Å². The molecule has 0 bridgehead atoms. The van der Waals surface area contributed by atoms with E-state index < -0.39 is 0 Å². The van der Waals surface area contributed by atoms with E-state index in [2.05, 4.69) is 9.97 Å². The molecule has 1 aromatic carbocycles. The SMILES string of the molecule is C/C=C/c1ccc(OCCSc2nc(C)cc(=O)[nH]2)c(OC)c1. The van der Waals surface area contributed by atoms with E-state index >= 15 is 0 Å². The zero-order chi connectivity index (χ0) is 16.7. The number of aromatic nitrogens is 2. The molecule has 2 rings (SSSR count). The fourth-order valence-corrected chi connectivity index (χ4v) is 2.75. The summed E-state index contributed by atoms with van der Waals surface area (Å²) in [7, 11) is 1.62. The third kappa shape index (κ3) is 5.17. The highest BCUT2D eigenvalue weighted by Gasteiger charge is 2.05. The number of allylic oxidation sites excluding steroid dienone is 1. The molecular weight excluding hydrogens is 312 g/mol. The summed E-state index contributed by atoms with van der Waals surface area (Å²) in [6, 6.07) is 7.27. The number of aromatic amines is 1. The highest BCUT2D eigenvalue weighted by molar-refractivity contribution is 7.99. The van der Waals surface area contributed by atoms with Crippen LogP contribution in [0.25, 0.3) is 6.08 Å². The second-order valence-electron chi connectivity index (χ2n) is 4.80. The lowest BCUT2D eigenvalue weighted by atomic mass is 10.2. The van der Waals surface area contributed by atoms with Crippen molar-refractivity contribution in [1.82, 2.24) is 9.97 Å². The molecule has 0 saturated carbocycles. The summed E-state index contributed by atoms with van der Waals surface area (Å²) >= 11 is 1.45. The minimum absolute atomic E-state index is 0.137. The number of methoxy groups -OCH3 is 1. The summed E-state index contributed by atoms with van der Waals surface area (Å²) in [5.41, 5.74) is 1.63. The first-order valence-electron chi connectivity index (χ1n) is 7.26. The average molecular weight is 332 g/mol. The molecule has 0 aliphatic rings. The van der Waals surface area contributed by atoms with Gasteiger partial charge in [0.15, 0.2) is 16.7 Å². The Kier molecular flexibility index (Phi) is 6.29. The zero-order valence-electron chi connectivity index (χ0n) is 13.5. The normalized spacial score (nSPS) is 10.9.